The Kier molecular flexibility index (Phi) is 3.34. The third-order valence-corrected chi connectivity index (χ3v) is 3.54. The molecular formula is C11H17BrN2O. The summed E-state index contributed by atoms with van der Waals surface area (Å²) in [5.74, 6) is 0.885. The molecule has 84 valence electrons. The van der Waals surface area contributed by atoms with Gasteiger partial charge in [-0.05, 0) is 55.5 Å². The van der Waals surface area contributed by atoms with E-state index < -0.39 is 0 Å². The normalized spacial score (nSPS) is 17.6. The van der Waals surface area contributed by atoms with E-state index in [9.17, 15) is 0 Å². The Morgan fingerprint density at radius 3 is 2.67 bits per heavy atom. The molecule has 1 fully saturated rings. The van der Waals surface area contributed by atoms with Crippen molar-refractivity contribution in [2.24, 2.45) is 0 Å². The first-order valence-corrected chi connectivity index (χ1v) is 6.37. The Labute approximate surface area is 98.9 Å². The van der Waals surface area contributed by atoms with Crippen molar-refractivity contribution in [3.05, 3.63) is 10.8 Å². The van der Waals surface area contributed by atoms with Gasteiger partial charge >= 0.3 is 0 Å². The summed E-state index contributed by atoms with van der Waals surface area (Å²) in [6.07, 6.45) is 7.15. The van der Waals surface area contributed by atoms with E-state index >= 15 is 0 Å². The van der Waals surface area contributed by atoms with Crippen LogP contribution in [-0.4, -0.2) is 15.9 Å². The molecule has 0 N–H and O–H groups in total. The quantitative estimate of drug-likeness (QED) is 0.842. The zero-order valence-corrected chi connectivity index (χ0v) is 10.8. The molecule has 1 aromatic rings. The van der Waals surface area contributed by atoms with Crippen molar-refractivity contribution in [2.75, 3.05) is 0 Å². The molecular weight excluding hydrogens is 256 g/mol. The SMILES string of the molecule is CC(C)n1ncc(OC2CCCC2)c1Br. The summed E-state index contributed by atoms with van der Waals surface area (Å²) in [6.45, 7) is 4.22. The summed E-state index contributed by atoms with van der Waals surface area (Å²) in [7, 11) is 0. The number of rotatable bonds is 3. The second-order valence-corrected chi connectivity index (χ2v) is 5.11. The van der Waals surface area contributed by atoms with Gasteiger partial charge in [-0.1, -0.05) is 0 Å². The van der Waals surface area contributed by atoms with E-state index in [1.54, 1.807) is 0 Å². The van der Waals surface area contributed by atoms with Gasteiger partial charge in [-0.3, -0.25) is 4.68 Å². The van der Waals surface area contributed by atoms with Gasteiger partial charge in [0, 0.05) is 6.04 Å². The molecule has 0 saturated heterocycles. The van der Waals surface area contributed by atoms with E-state index in [1.165, 1.54) is 25.7 Å². The zero-order chi connectivity index (χ0) is 10.8. The van der Waals surface area contributed by atoms with Crippen LogP contribution in [0.3, 0.4) is 0 Å². The Hall–Kier alpha value is -0.510. The van der Waals surface area contributed by atoms with Crippen molar-refractivity contribution in [2.45, 2.75) is 51.7 Å². The number of hydrogen-bond donors (Lipinski definition) is 0. The van der Waals surface area contributed by atoms with Gasteiger partial charge in [0.15, 0.2) is 5.75 Å². The van der Waals surface area contributed by atoms with Gasteiger partial charge in [-0.25, -0.2) is 0 Å². The van der Waals surface area contributed by atoms with Crippen LogP contribution in [0.5, 0.6) is 5.75 Å². The van der Waals surface area contributed by atoms with Gasteiger partial charge in [0.2, 0.25) is 0 Å². The van der Waals surface area contributed by atoms with Crippen LogP contribution in [-0.2, 0) is 0 Å². The molecule has 0 amide bonds. The predicted molar refractivity (Wildman–Crippen MR) is 63.2 cm³/mol. The van der Waals surface area contributed by atoms with Crippen LogP contribution in [0.2, 0.25) is 0 Å². The Bertz CT molecular complexity index is 329. The van der Waals surface area contributed by atoms with Gasteiger partial charge in [-0.15, -0.1) is 0 Å². The van der Waals surface area contributed by atoms with E-state index in [0.29, 0.717) is 12.1 Å². The average molecular weight is 273 g/mol. The number of aromatic nitrogens is 2. The molecule has 4 heteroatoms. The molecule has 0 spiro atoms. The van der Waals surface area contributed by atoms with E-state index in [1.807, 2.05) is 10.9 Å². The highest BCUT2D eigenvalue weighted by Crippen LogP contribution is 2.31. The van der Waals surface area contributed by atoms with E-state index in [-0.39, 0.29) is 0 Å². The van der Waals surface area contributed by atoms with Crippen molar-refractivity contribution in [3.8, 4) is 5.75 Å². The largest absolute Gasteiger partial charge is 0.486 e. The van der Waals surface area contributed by atoms with E-state index in [4.69, 9.17) is 4.74 Å². The maximum Gasteiger partial charge on any atom is 0.172 e. The minimum Gasteiger partial charge on any atom is -0.486 e. The second-order valence-electron chi connectivity index (χ2n) is 4.36. The fourth-order valence-corrected chi connectivity index (χ4v) is 2.65. The molecule has 0 bridgehead atoms. The van der Waals surface area contributed by atoms with Crippen LogP contribution in [0.4, 0.5) is 0 Å². The van der Waals surface area contributed by atoms with Crippen LogP contribution < -0.4 is 4.74 Å². The summed E-state index contributed by atoms with van der Waals surface area (Å²) < 4.78 is 8.80. The molecule has 0 atom stereocenters. The molecule has 1 saturated carbocycles. The Morgan fingerprint density at radius 2 is 2.13 bits per heavy atom. The van der Waals surface area contributed by atoms with Gasteiger partial charge < -0.3 is 4.74 Å². The van der Waals surface area contributed by atoms with Crippen LogP contribution in [0, 0.1) is 0 Å². The maximum absolute atomic E-state index is 5.91. The summed E-state index contributed by atoms with van der Waals surface area (Å²) in [6, 6.07) is 0.361. The standard InChI is InChI=1S/C11H17BrN2O/c1-8(2)14-11(12)10(7-13-14)15-9-5-3-4-6-9/h7-9H,3-6H2,1-2H3. The highest BCUT2D eigenvalue weighted by atomic mass is 79.9. The van der Waals surface area contributed by atoms with Crippen LogP contribution in [0.15, 0.2) is 10.8 Å². The number of halogens is 1. The van der Waals surface area contributed by atoms with Gasteiger partial charge in [0.25, 0.3) is 0 Å². The highest BCUT2D eigenvalue weighted by Gasteiger charge is 2.19. The minimum atomic E-state index is 0.361. The number of hydrogen-bond acceptors (Lipinski definition) is 2. The van der Waals surface area contributed by atoms with Crippen molar-refractivity contribution >= 4 is 15.9 Å². The first-order chi connectivity index (χ1) is 7.18. The van der Waals surface area contributed by atoms with E-state index in [2.05, 4.69) is 34.9 Å². The molecule has 0 unspecified atom stereocenters. The molecule has 2 rings (SSSR count). The Morgan fingerprint density at radius 1 is 1.47 bits per heavy atom. The highest BCUT2D eigenvalue weighted by molar-refractivity contribution is 9.10. The van der Waals surface area contributed by atoms with Gasteiger partial charge in [-0.2, -0.15) is 5.10 Å². The fraction of sp³-hybridized carbons (Fsp3) is 0.727. The van der Waals surface area contributed by atoms with Crippen LogP contribution in [0.1, 0.15) is 45.6 Å². The molecule has 1 aromatic heterocycles. The van der Waals surface area contributed by atoms with Crippen molar-refractivity contribution in [1.82, 2.24) is 9.78 Å². The summed E-state index contributed by atoms with van der Waals surface area (Å²) in [4.78, 5) is 0. The van der Waals surface area contributed by atoms with Gasteiger partial charge in [0.1, 0.15) is 4.60 Å². The summed E-state index contributed by atoms with van der Waals surface area (Å²) in [5, 5.41) is 4.30. The first-order valence-electron chi connectivity index (χ1n) is 5.58. The van der Waals surface area contributed by atoms with Crippen molar-refractivity contribution in [1.29, 1.82) is 0 Å². The number of ether oxygens (including phenoxy) is 1. The molecule has 0 aliphatic heterocycles. The van der Waals surface area contributed by atoms with Gasteiger partial charge in [0.05, 0.1) is 12.3 Å². The van der Waals surface area contributed by atoms with E-state index in [0.717, 1.165) is 10.4 Å². The smallest absolute Gasteiger partial charge is 0.172 e. The first kappa shape index (κ1) is 11.0. The minimum absolute atomic E-state index is 0.361. The third-order valence-electron chi connectivity index (χ3n) is 2.79. The lowest BCUT2D eigenvalue weighted by Gasteiger charge is -2.12. The summed E-state index contributed by atoms with van der Waals surface area (Å²) >= 11 is 3.53. The number of nitrogens with zero attached hydrogens (tertiary/aromatic N) is 2. The second kappa shape index (κ2) is 4.56. The van der Waals surface area contributed by atoms with Crippen LogP contribution >= 0.6 is 15.9 Å². The maximum atomic E-state index is 5.91. The molecule has 1 heterocycles. The molecule has 3 nitrogen and oxygen atoms in total. The molecule has 0 aromatic carbocycles. The molecule has 1 aliphatic rings. The summed E-state index contributed by atoms with van der Waals surface area (Å²) in [5.41, 5.74) is 0. The molecule has 1 aliphatic carbocycles. The monoisotopic (exact) mass is 272 g/mol. The van der Waals surface area contributed by atoms with Crippen molar-refractivity contribution < 1.29 is 4.74 Å². The fourth-order valence-electron chi connectivity index (χ4n) is 1.96. The Balaban J connectivity index is 2.08. The third kappa shape index (κ3) is 2.36. The lowest BCUT2D eigenvalue weighted by molar-refractivity contribution is 0.208. The van der Waals surface area contributed by atoms with Crippen molar-refractivity contribution in [3.63, 3.8) is 0 Å². The predicted octanol–water partition coefficient (Wildman–Crippen LogP) is 3.55. The zero-order valence-electron chi connectivity index (χ0n) is 9.24. The average Bonchev–Trinajstić information content (AvgIpc) is 2.78. The lowest BCUT2D eigenvalue weighted by Crippen LogP contribution is -2.11. The topological polar surface area (TPSA) is 27.1 Å². The molecule has 0 radical (unpaired) electrons. The lowest BCUT2D eigenvalue weighted by atomic mass is 10.3. The van der Waals surface area contributed by atoms with Crippen LogP contribution in [0.25, 0.3) is 0 Å². The molecule has 15 heavy (non-hydrogen) atoms.